The first-order valence-corrected chi connectivity index (χ1v) is 7.68. The van der Waals surface area contributed by atoms with Gasteiger partial charge in [0.05, 0.1) is 7.11 Å². The third-order valence-corrected chi connectivity index (χ3v) is 3.46. The number of nitrogens with zero attached hydrogens (tertiary/aromatic N) is 5. The van der Waals surface area contributed by atoms with E-state index in [0.29, 0.717) is 31.6 Å². The molecule has 2 rings (SSSR count). The molecule has 124 valence electrons. The molecule has 0 radical (unpaired) electrons. The second-order valence-electron chi connectivity index (χ2n) is 5.19. The van der Waals surface area contributed by atoms with Gasteiger partial charge in [0.2, 0.25) is 0 Å². The summed E-state index contributed by atoms with van der Waals surface area (Å²) >= 11 is 0. The third-order valence-electron chi connectivity index (χ3n) is 3.46. The fraction of sp³-hybridized carbons (Fsp3) is 0.533. The van der Waals surface area contributed by atoms with Crippen molar-refractivity contribution in [2.45, 2.75) is 45.6 Å². The molecule has 0 N–H and O–H groups in total. The zero-order chi connectivity index (χ0) is 16.7. The lowest BCUT2D eigenvalue weighted by Gasteiger charge is -2.11. The molecule has 0 spiro atoms. The van der Waals surface area contributed by atoms with Crippen LogP contribution in [0.15, 0.2) is 23.6 Å². The van der Waals surface area contributed by atoms with Gasteiger partial charge in [-0.05, 0) is 19.3 Å². The Balaban J connectivity index is 2.13. The van der Waals surface area contributed by atoms with E-state index < -0.39 is 0 Å². The molecular formula is C15H21N5O3. The van der Waals surface area contributed by atoms with E-state index in [-0.39, 0.29) is 11.7 Å². The van der Waals surface area contributed by atoms with Crippen LogP contribution in [0.5, 0.6) is 0 Å². The molecule has 0 aromatic carbocycles. The molecule has 2 aromatic heterocycles. The fourth-order valence-electron chi connectivity index (χ4n) is 2.30. The molecule has 0 saturated heterocycles. The van der Waals surface area contributed by atoms with Gasteiger partial charge in [-0.1, -0.05) is 13.3 Å². The Morgan fingerprint density at radius 3 is 2.83 bits per heavy atom. The van der Waals surface area contributed by atoms with Crippen molar-refractivity contribution in [2.24, 2.45) is 0 Å². The highest BCUT2D eigenvalue weighted by atomic mass is 16.5. The smallest absolute Gasteiger partial charge is 0.349 e. The zero-order valence-corrected chi connectivity index (χ0v) is 13.4. The summed E-state index contributed by atoms with van der Waals surface area (Å²) in [5.41, 5.74) is 0.624. The molecule has 0 saturated carbocycles. The van der Waals surface area contributed by atoms with Gasteiger partial charge in [0, 0.05) is 24.7 Å². The van der Waals surface area contributed by atoms with Crippen LogP contribution in [-0.4, -0.2) is 37.4 Å². The maximum Gasteiger partial charge on any atom is 0.349 e. The number of aryl methyl sites for hydroxylation is 2. The van der Waals surface area contributed by atoms with Crippen LogP contribution < -0.4 is 5.69 Å². The van der Waals surface area contributed by atoms with Crippen molar-refractivity contribution in [2.75, 3.05) is 7.11 Å². The lowest BCUT2D eigenvalue weighted by atomic mass is 10.2. The first-order valence-electron chi connectivity index (χ1n) is 7.68. The van der Waals surface area contributed by atoms with E-state index >= 15 is 0 Å². The maximum absolute atomic E-state index is 12.2. The second-order valence-corrected chi connectivity index (χ2v) is 5.19. The van der Waals surface area contributed by atoms with Crippen molar-refractivity contribution in [1.29, 1.82) is 0 Å². The number of esters is 1. The molecule has 8 heteroatoms. The lowest BCUT2D eigenvalue weighted by Crippen LogP contribution is -2.26. The van der Waals surface area contributed by atoms with Crippen molar-refractivity contribution in [3.8, 4) is 5.82 Å². The summed E-state index contributed by atoms with van der Waals surface area (Å²) in [5, 5.41) is 4.05. The largest absolute Gasteiger partial charge is 0.469 e. The van der Waals surface area contributed by atoms with Crippen molar-refractivity contribution in [3.05, 3.63) is 34.9 Å². The molecule has 0 bridgehead atoms. The minimum absolute atomic E-state index is 0.233. The predicted molar refractivity (Wildman–Crippen MR) is 83.3 cm³/mol. The van der Waals surface area contributed by atoms with Crippen molar-refractivity contribution in [3.63, 3.8) is 0 Å². The number of unbranched alkanes of at least 4 members (excludes halogenated alkanes) is 1. The number of carbonyl (C=O) groups excluding carboxylic acids is 1. The zero-order valence-electron chi connectivity index (χ0n) is 13.4. The summed E-state index contributed by atoms with van der Waals surface area (Å²) < 4.78 is 7.69. The Morgan fingerprint density at radius 2 is 2.17 bits per heavy atom. The van der Waals surface area contributed by atoms with Gasteiger partial charge in [0.15, 0.2) is 5.82 Å². The van der Waals surface area contributed by atoms with Crippen LogP contribution in [0.3, 0.4) is 0 Å². The molecule has 0 atom stereocenters. The van der Waals surface area contributed by atoms with Gasteiger partial charge >= 0.3 is 11.7 Å². The highest BCUT2D eigenvalue weighted by Crippen LogP contribution is 2.11. The molecule has 0 aliphatic carbocycles. The Bertz CT molecular complexity index is 694. The SMILES string of the molecule is CCCc1cn(CCCCC(=O)OC)c(=O)nc1-n1cncn1. The van der Waals surface area contributed by atoms with Crippen molar-refractivity contribution in [1.82, 2.24) is 24.3 Å². The van der Waals surface area contributed by atoms with E-state index in [1.54, 1.807) is 4.57 Å². The summed E-state index contributed by atoms with van der Waals surface area (Å²) in [6.07, 6.45) is 8.25. The Hall–Kier alpha value is -2.51. The van der Waals surface area contributed by atoms with Crippen molar-refractivity contribution >= 4 is 5.97 Å². The number of rotatable bonds is 8. The maximum atomic E-state index is 12.2. The molecule has 0 aliphatic rings. The van der Waals surface area contributed by atoms with Crippen LogP contribution in [0.2, 0.25) is 0 Å². The Labute approximate surface area is 134 Å². The molecule has 0 aliphatic heterocycles. The highest BCUT2D eigenvalue weighted by Gasteiger charge is 2.11. The molecule has 0 amide bonds. The number of aromatic nitrogens is 5. The van der Waals surface area contributed by atoms with E-state index in [1.165, 1.54) is 24.4 Å². The summed E-state index contributed by atoms with van der Waals surface area (Å²) in [6, 6.07) is 0. The number of ether oxygens (including phenoxy) is 1. The number of carbonyl (C=O) groups is 1. The third kappa shape index (κ3) is 4.48. The molecule has 23 heavy (non-hydrogen) atoms. The normalized spacial score (nSPS) is 10.7. The second kappa shape index (κ2) is 8.21. The summed E-state index contributed by atoms with van der Waals surface area (Å²) in [5.74, 6) is 0.295. The average molecular weight is 319 g/mol. The molecule has 0 unspecified atom stereocenters. The monoisotopic (exact) mass is 319 g/mol. The van der Waals surface area contributed by atoms with Crippen LogP contribution in [-0.2, 0) is 22.5 Å². The molecular weight excluding hydrogens is 298 g/mol. The molecule has 0 fully saturated rings. The molecule has 2 aromatic rings. The first kappa shape index (κ1) is 16.9. The quantitative estimate of drug-likeness (QED) is 0.535. The molecule has 2 heterocycles. The summed E-state index contributed by atoms with van der Waals surface area (Å²) in [7, 11) is 1.37. The van der Waals surface area contributed by atoms with Gasteiger partial charge in [0.25, 0.3) is 0 Å². The summed E-state index contributed by atoms with van der Waals surface area (Å²) in [6.45, 7) is 2.59. The van der Waals surface area contributed by atoms with Gasteiger partial charge in [-0.25, -0.2) is 14.5 Å². The van der Waals surface area contributed by atoms with Crippen LogP contribution in [0.4, 0.5) is 0 Å². The minimum Gasteiger partial charge on any atom is -0.469 e. The van der Waals surface area contributed by atoms with Gasteiger partial charge in [-0.15, -0.1) is 0 Å². The topological polar surface area (TPSA) is 91.9 Å². The average Bonchev–Trinajstić information content (AvgIpc) is 3.08. The Morgan fingerprint density at radius 1 is 1.35 bits per heavy atom. The van der Waals surface area contributed by atoms with E-state index in [4.69, 9.17) is 0 Å². The fourth-order valence-corrected chi connectivity index (χ4v) is 2.30. The van der Waals surface area contributed by atoms with Crippen LogP contribution >= 0.6 is 0 Å². The van der Waals surface area contributed by atoms with Crippen LogP contribution in [0.1, 0.15) is 38.2 Å². The molecule has 8 nitrogen and oxygen atoms in total. The first-order chi connectivity index (χ1) is 11.2. The van der Waals surface area contributed by atoms with Crippen LogP contribution in [0, 0.1) is 0 Å². The van der Waals surface area contributed by atoms with E-state index in [0.717, 1.165) is 18.4 Å². The van der Waals surface area contributed by atoms with Crippen molar-refractivity contribution < 1.29 is 9.53 Å². The standard InChI is InChI=1S/C15H21N5O3/c1-3-6-12-9-19(8-5-4-7-13(21)23-2)15(22)18-14(12)20-11-16-10-17-20/h9-11H,3-8H2,1-2H3. The van der Waals surface area contributed by atoms with Crippen LogP contribution in [0.25, 0.3) is 5.82 Å². The summed E-state index contributed by atoms with van der Waals surface area (Å²) in [4.78, 5) is 31.3. The number of hydrogen-bond acceptors (Lipinski definition) is 6. The predicted octanol–water partition coefficient (Wildman–Crippen LogP) is 1.12. The van der Waals surface area contributed by atoms with Gasteiger partial charge in [-0.2, -0.15) is 10.1 Å². The minimum atomic E-state index is -0.326. The highest BCUT2D eigenvalue weighted by molar-refractivity contribution is 5.68. The van der Waals surface area contributed by atoms with E-state index in [2.05, 4.69) is 26.7 Å². The Kier molecular flexibility index (Phi) is 6.02. The van der Waals surface area contributed by atoms with Gasteiger partial charge < -0.3 is 4.74 Å². The number of hydrogen-bond donors (Lipinski definition) is 0. The van der Waals surface area contributed by atoms with E-state index in [1.807, 2.05) is 6.20 Å². The number of methoxy groups -OCH3 is 1. The lowest BCUT2D eigenvalue weighted by molar-refractivity contribution is -0.140. The van der Waals surface area contributed by atoms with Gasteiger partial charge in [-0.3, -0.25) is 9.36 Å². The van der Waals surface area contributed by atoms with E-state index in [9.17, 15) is 9.59 Å². The van der Waals surface area contributed by atoms with Gasteiger partial charge in [0.1, 0.15) is 12.7 Å².